The number of hydrogen-bond acceptors (Lipinski definition) is 1. The second kappa shape index (κ2) is 13.2. The Balaban J connectivity index is 1.64. The van der Waals surface area contributed by atoms with E-state index in [0.717, 1.165) is 25.2 Å². The number of nitrogens with zero attached hydrogens (tertiary/aromatic N) is 1. The lowest BCUT2D eigenvalue weighted by Gasteiger charge is -2.46. The summed E-state index contributed by atoms with van der Waals surface area (Å²) in [6.07, 6.45) is 27.7. The fraction of sp³-hybridized carbons (Fsp3) is 0.656. The minimum Gasteiger partial charge on any atom is -0.198 e. The van der Waals surface area contributed by atoms with Crippen LogP contribution in [0.1, 0.15) is 122 Å². The van der Waals surface area contributed by atoms with E-state index in [1.54, 1.807) is 0 Å². The maximum absolute atomic E-state index is 10.1. The van der Waals surface area contributed by atoms with E-state index in [0.29, 0.717) is 5.41 Å². The second-order valence-electron chi connectivity index (χ2n) is 10.9. The standard InChI is InChI=1S/C32H47N/c1-3-5-7-9-13-21-31(27-33)23-19-30(20-24-31)32(22-14-8-6-4-2)25-17-29(18-26-32)28-15-11-10-12-16-28/h10-12,15-18,25,30H,3-9,13-14,19-24,26H2,1-2H3. The van der Waals surface area contributed by atoms with Crippen LogP contribution in [0.5, 0.6) is 0 Å². The van der Waals surface area contributed by atoms with Crippen LogP contribution >= 0.6 is 0 Å². The smallest absolute Gasteiger partial charge is 0.0689 e. The van der Waals surface area contributed by atoms with Gasteiger partial charge in [-0.1, -0.05) is 120 Å². The third-order valence-corrected chi connectivity index (χ3v) is 8.65. The summed E-state index contributed by atoms with van der Waals surface area (Å²) in [4.78, 5) is 0. The SMILES string of the molecule is CCCCCCCC1(C#N)CCC(C2(CCCCCC)C=CC(c3ccccc3)=CC2)CC1. The molecule has 1 saturated carbocycles. The molecule has 1 aromatic carbocycles. The maximum Gasteiger partial charge on any atom is 0.0689 e. The normalized spacial score (nSPS) is 27.2. The van der Waals surface area contributed by atoms with Crippen LogP contribution < -0.4 is 0 Å². The van der Waals surface area contributed by atoms with Crippen LogP contribution in [0.15, 0.2) is 48.6 Å². The van der Waals surface area contributed by atoms with E-state index in [9.17, 15) is 5.26 Å². The van der Waals surface area contributed by atoms with Crippen molar-refractivity contribution in [2.45, 2.75) is 117 Å². The van der Waals surface area contributed by atoms with Gasteiger partial charge in [0.05, 0.1) is 11.5 Å². The molecule has 0 heterocycles. The van der Waals surface area contributed by atoms with Crippen LogP contribution in [0.4, 0.5) is 0 Å². The predicted octanol–water partition coefficient (Wildman–Crippen LogP) is 10.0. The zero-order valence-electron chi connectivity index (χ0n) is 21.5. The van der Waals surface area contributed by atoms with E-state index in [1.165, 1.54) is 94.6 Å². The number of unbranched alkanes of at least 4 members (excludes halogenated alkanes) is 7. The minimum atomic E-state index is -0.0461. The first-order valence-electron chi connectivity index (χ1n) is 14.0. The molecular formula is C32H47N. The van der Waals surface area contributed by atoms with Gasteiger partial charge >= 0.3 is 0 Å². The van der Waals surface area contributed by atoms with E-state index < -0.39 is 0 Å². The first-order valence-corrected chi connectivity index (χ1v) is 14.0. The van der Waals surface area contributed by atoms with Crippen molar-refractivity contribution in [2.24, 2.45) is 16.7 Å². The molecule has 0 amide bonds. The molecule has 0 radical (unpaired) electrons. The zero-order valence-corrected chi connectivity index (χ0v) is 21.5. The summed E-state index contributed by atoms with van der Waals surface area (Å²) in [5.41, 5.74) is 2.97. The summed E-state index contributed by atoms with van der Waals surface area (Å²) < 4.78 is 0. The molecule has 3 rings (SSSR count). The molecule has 0 aromatic heterocycles. The summed E-state index contributed by atoms with van der Waals surface area (Å²) >= 11 is 0. The highest BCUT2D eigenvalue weighted by Gasteiger charge is 2.43. The third-order valence-electron chi connectivity index (χ3n) is 8.65. The van der Waals surface area contributed by atoms with Gasteiger partial charge in [-0.15, -0.1) is 0 Å². The average molecular weight is 446 g/mol. The largest absolute Gasteiger partial charge is 0.198 e. The average Bonchev–Trinajstić information content (AvgIpc) is 2.88. The van der Waals surface area contributed by atoms with E-state index in [-0.39, 0.29) is 5.41 Å². The van der Waals surface area contributed by atoms with E-state index in [1.807, 2.05) is 0 Å². The Hall–Kier alpha value is -1.81. The number of rotatable bonds is 13. The molecule has 33 heavy (non-hydrogen) atoms. The Labute approximate surface area is 204 Å². The van der Waals surface area contributed by atoms with Crippen molar-refractivity contribution in [1.82, 2.24) is 0 Å². The molecule has 0 N–H and O–H groups in total. The van der Waals surface area contributed by atoms with Crippen molar-refractivity contribution in [3.05, 3.63) is 54.1 Å². The molecule has 2 aliphatic carbocycles. The van der Waals surface area contributed by atoms with Crippen LogP contribution in [0, 0.1) is 28.1 Å². The van der Waals surface area contributed by atoms with Crippen LogP contribution in [0.3, 0.4) is 0 Å². The summed E-state index contributed by atoms with van der Waals surface area (Å²) in [5, 5.41) is 10.1. The van der Waals surface area contributed by atoms with Gasteiger partial charge in [0.25, 0.3) is 0 Å². The fourth-order valence-corrected chi connectivity index (χ4v) is 6.34. The monoisotopic (exact) mass is 445 g/mol. The molecule has 1 fully saturated rings. The Morgan fingerprint density at radius 3 is 2.09 bits per heavy atom. The van der Waals surface area contributed by atoms with Gasteiger partial charge in [-0.25, -0.2) is 0 Å². The molecule has 2 aliphatic rings. The van der Waals surface area contributed by atoms with Gasteiger partial charge in [0, 0.05) is 0 Å². The van der Waals surface area contributed by atoms with Gasteiger partial charge in [-0.05, 0) is 67.4 Å². The summed E-state index contributed by atoms with van der Waals surface area (Å²) in [5.74, 6) is 0.727. The topological polar surface area (TPSA) is 23.8 Å². The quantitative estimate of drug-likeness (QED) is 0.277. The second-order valence-corrected chi connectivity index (χ2v) is 10.9. The van der Waals surface area contributed by atoms with Crippen molar-refractivity contribution < 1.29 is 0 Å². The number of allylic oxidation sites excluding steroid dienone is 4. The Bertz CT molecular complexity index is 788. The molecule has 0 bridgehead atoms. The van der Waals surface area contributed by atoms with Crippen molar-refractivity contribution >= 4 is 5.57 Å². The lowest BCUT2D eigenvalue weighted by Crippen LogP contribution is -2.36. The van der Waals surface area contributed by atoms with Crippen molar-refractivity contribution in [1.29, 1.82) is 5.26 Å². The van der Waals surface area contributed by atoms with Crippen LogP contribution in [0.2, 0.25) is 0 Å². The van der Waals surface area contributed by atoms with Gasteiger partial charge in [-0.3, -0.25) is 0 Å². The Morgan fingerprint density at radius 2 is 1.48 bits per heavy atom. The molecule has 1 atom stereocenters. The zero-order chi connectivity index (χ0) is 23.4. The fourth-order valence-electron chi connectivity index (χ4n) is 6.34. The first kappa shape index (κ1) is 25.8. The van der Waals surface area contributed by atoms with E-state index in [4.69, 9.17) is 0 Å². The first-order chi connectivity index (χ1) is 16.2. The highest BCUT2D eigenvalue weighted by Crippen LogP contribution is 2.53. The molecule has 0 saturated heterocycles. The van der Waals surface area contributed by atoms with Gasteiger partial charge in [-0.2, -0.15) is 5.26 Å². The predicted molar refractivity (Wildman–Crippen MR) is 143 cm³/mol. The summed E-state index contributed by atoms with van der Waals surface area (Å²) in [6.45, 7) is 4.57. The van der Waals surface area contributed by atoms with Gasteiger partial charge in [0.15, 0.2) is 0 Å². The molecular weight excluding hydrogens is 398 g/mol. The van der Waals surface area contributed by atoms with E-state index in [2.05, 4.69) is 68.5 Å². The molecule has 0 aliphatic heterocycles. The molecule has 180 valence electrons. The van der Waals surface area contributed by atoms with Crippen molar-refractivity contribution in [3.63, 3.8) is 0 Å². The van der Waals surface area contributed by atoms with Crippen molar-refractivity contribution in [2.75, 3.05) is 0 Å². The van der Waals surface area contributed by atoms with E-state index >= 15 is 0 Å². The van der Waals surface area contributed by atoms with Gasteiger partial charge < -0.3 is 0 Å². The third kappa shape index (κ3) is 7.09. The lowest BCUT2D eigenvalue weighted by molar-refractivity contribution is 0.100. The summed E-state index contributed by atoms with van der Waals surface area (Å²) in [7, 11) is 0. The van der Waals surface area contributed by atoms with Crippen LogP contribution in [0.25, 0.3) is 5.57 Å². The van der Waals surface area contributed by atoms with Gasteiger partial charge in [0.2, 0.25) is 0 Å². The van der Waals surface area contributed by atoms with Gasteiger partial charge in [0.1, 0.15) is 0 Å². The van der Waals surface area contributed by atoms with Crippen LogP contribution in [-0.2, 0) is 0 Å². The molecule has 1 nitrogen and oxygen atoms in total. The summed E-state index contributed by atoms with van der Waals surface area (Å²) in [6, 6.07) is 13.6. The Kier molecular flexibility index (Phi) is 10.3. The van der Waals surface area contributed by atoms with Crippen LogP contribution in [-0.4, -0.2) is 0 Å². The molecule has 1 unspecified atom stereocenters. The van der Waals surface area contributed by atoms with Crippen molar-refractivity contribution in [3.8, 4) is 6.07 Å². The number of hydrogen-bond donors (Lipinski definition) is 0. The number of nitriles is 1. The number of benzene rings is 1. The highest BCUT2D eigenvalue weighted by atomic mass is 14.5. The lowest BCUT2D eigenvalue weighted by atomic mass is 9.58. The molecule has 1 aromatic rings. The molecule has 0 spiro atoms. The minimum absolute atomic E-state index is 0.0461. The molecule has 1 heteroatoms. The maximum atomic E-state index is 10.1. The highest BCUT2D eigenvalue weighted by molar-refractivity contribution is 5.75. The Morgan fingerprint density at radius 1 is 0.848 bits per heavy atom.